The van der Waals surface area contributed by atoms with Crippen LogP contribution in [0.5, 0.6) is 0 Å². The van der Waals surface area contributed by atoms with Gasteiger partial charge >= 0.3 is 0 Å². The molecule has 0 saturated carbocycles. The van der Waals surface area contributed by atoms with E-state index in [9.17, 15) is 4.79 Å². The van der Waals surface area contributed by atoms with E-state index in [1.54, 1.807) is 6.33 Å². The van der Waals surface area contributed by atoms with Crippen LogP contribution in [0.2, 0.25) is 0 Å². The van der Waals surface area contributed by atoms with Crippen LogP contribution < -0.4 is 9.88 Å². The minimum atomic E-state index is 0.0555. The molecule has 4 nitrogen and oxygen atoms in total. The lowest BCUT2D eigenvalue weighted by molar-refractivity contribution is -0.669. The highest BCUT2D eigenvalue weighted by Crippen LogP contribution is 1.98. The minimum Gasteiger partial charge on any atom is -0.290 e. The van der Waals surface area contributed by atoms with Crippen molar-refractivity contribution in [3.8, 4) is 0 Å². The Morgan fingerprint density at radius 2 is 2.50 bits per heavy atom. The van der Waals surface area contributed by atoms with Crippen LogP contribution in [0, 0.1) is 0 Å². The number of imidazole rings is 1. The van der Waals surface area contributed by atoms with Crippen molar-refractivity contribution in [3.05, 3.63) is 12.5 Å². The number of hydrogen-bond donors (Lipinski definition) is 2. The molecule has 0 aliphatic rings. The van der Waals surface area contributed by atoms with Gasteiger partial charge in [0.2, 0.25) is 18.1 Å². The molecule has 1 aromatic heterocycles. The number of rotatable bonds is 3. The fourth-order valence-corrected chi connectivity index (χ4v) is 0.958. The van der Waals surface area contributed by atoms with Gasteiger partial charge in [0.1, 0.15) is 0 Å². The highest BCUT2D eigenvalue weighted by molar-refractivity contribution is 5.89. The van der Waals surface area contributed by atoms with Crippen molar-refractivity contribution < 1.29 is 9.36 Å². The molecule has 0 saturated heterocycles. The summed E-state index contributed by atoms with van der Waals surface area (Å²) in [7, 11) is 1.89. The fraction of sp³-hybridized carbons (Fsp3) is 0.500. The first-order valence-corrected chi connectivity index (χ1v) is 4.06. The summed E-state index contributed by atoms with van der Waals surface area (Å²) in [6.07, 6.45) is 5.05. The van der Waals surface area contributed by atoms with E-state index in [4.69, 9.17) is 0 Å². The number of hydrogen-bond acceptors (Lipinski definition) is 1. The number of carbonyl (C=O) groups is 1. The third-order valence-electron chi connectivity index (χ3n) is 1.51. The van der Waals surface area contributed by atoms with Gasteiger partial charge in [-0.2, -0.15) is 0 Å². The fourth-order valence-electron chi connectivity index (χ4n) is 0.958. The van der Waals surface area contributed by atoms with Gasteiger partial charge in [-0.25, -0.2) is 9.55 Å². The Hall–Kier alpha value is -1.32. The van der Waals surface area contributed by atoms with Gasteiger partial charge in [0, 0.05) is 6.42 Å². The summed E-state index contributed by atoms with van der Waals surface area (Å²) >= 11 is 0. The quantitative estimate of drug-likeness (QED) is 0.637. The van der Waals surface area contributed by atoms with Crippen LogP contribution in [0.3, 0.4) is 0 Å². The minimum absolute atomic E-state index is 0.0555. The van der Waals surface area contributed by atoms with Gasteiger partial charge in [-0.05, 0) is 6.42 Å². The standard InChI is InChI=1S/C8H13N3O/c1-3-4-8(12)10-7-5-11(2)6-9-7/h5-6H,3-4H2,1-2H3,(H,10,12)/p+1. The Labute approximate surface area is 71.6 Å². The lowest BCUT2D eigenvalue weighted by atomic mass is 10.3. The highest BCUT2D eigenvalue weighted by Gasteiger charge is 2.05. The van der Waals surface area contributed by atoms with Crippen molar-refractivity contribution in [2.75, 3.05) is 5.32 Å². The van der Waals surface area contributed by atoms with Crippen molar-refractivity contribution in [3.63, 3.8) is 0 Å². The molecular formula is C8H14N3O+. The number of H-pyrrole nitrogens is 1. The lowest BCUT2D eigenvalue weighted by Gasteiger charge is -1.95. The Balaban J connectivity index is 2.46. The van der Waals surface area contributed by atoms with E-state index < -0.39 is 0 Å². The molecule has 1 aromatic rings. The maximum atomic E-state index is 11.1. The van der Waals surface area contributed by atoms with Crippen molar-refractivity contribution >= 4 is 11.7 Å². The zero-order valence-electron chi connectivity index (χ0n) is 7.42. The van der Waals surface area contributed by atoms with Crippen molar-refractivity contribution in [1.29, 1.82) is 0 Å². The van der Waals surface area contributed by atoms with Crippen molar-refractivity contribution in [2.24, 2.45) is 7.05 Å². The normalized spacial score (nSPS) is 9.83. The Bertz CT molecular complexity index is 267. The number of aromatic nitrogens is 2. The molecule has 0 atom stereocenters. The second kappa shape index (κ2) is 3.90. The number of amides is 1. The molecule has 0 spiro atoms. The molecule has 0 aliphatic carbocycles. The van der Waals surface area contributed by atoms with E-state index in [1.165, 1.54) is 0 Å². The number of anilines is 1. The zero-order valence-corrected chi connectivity index (χ0v) is 7.42. The van der Waals surface area contributed by atoms with Gasteiger partial charge < -0.3 is 0 Å². The lowest BCUT2D eigenvalue weighted by Crippen LogP contribution is -2.23. The summed E-state index contributed by atoms with van der Waals surface area (Å²) < 4.78 is 1.85. The van der Waals surface area contributed by atoms with E-state index in [-0.39, 0.29) is 5.91 Å². The first-order valence-electron chi connectivity index (χ1n) is 4.06. The molecule has 0 fully saturated rings. The topological polar surface area (TPSA) is 48.8 Å². The summed E-state index contributed by atoms with van der Waals surface area (Å²) in [6, 6.07) is 0. The maximum absolute atomic E-state index is 11.1. The largest absolute Gasteiger partial charge is 0.290 e. The predicted molar refractivity (Wildman–Crippen MR) is 45.5 cm³/mol. The van der Waals surface area contributed by atoms with Crippen LogP contribution in [0.25, 0.3) is 0 Å². The van der Waals surface area contributed by atoms with E-state index in [1.807, 2.05) is 24.7 Å². The molecule has 2 N–H and O–H groups in total. The van der Waals surface area contributed by atoms with Crippen molar-refractivity contribution in [2.45, 2.75) is 19.8 Å². The van der Waals surface area contributed by atoms with E-state index in [0.717, 1.165) is 12.2 Å². The van der Waals surface area contributed by atoms with Gasteiger partial charge in [-0.15, -0.1) is 0 Å². The summed E-state index contributed by atoms with van der Waals surface area (Å²) in [5.74, 6) is 0.802. The van der Waals surface area contributed by atoms with Gasteiger partial charge in [0.25, 0.3) is 0 Å². The highest BCUT2D eigenvalue weighted by atomic mass is 16.1. The number of nitrogens with one attached hydrogen (secondary N) is 2. The van der Waals surface area contributed by atoms with E-state index in [0.29, 0.717) is 6.42 Å². The van der Waals surface area contributed by atoms with Crippen LogP contribution in [-0.4, -0.2) is 10.9 Å². The van der Waals surface area contributed by atoms with Crippen LogP contribution >= 0.6 is 0 Å². The molecule has 12 heavy (non-hydrogen) atoms. The molecule has 0 aliphatic heterocycles. The summed E-state index contributed by atoms with van der Waals surface area (Å²) in [5, 5.41) is 2.75. The van der Waals surface area contributed by atoms with Crippen LogP contribution in [0.4, 0.5) is 5.82 Å². The third kappa shape index (κ3) is 2.38. The second-order valence-electron chi connectivity index (χ2n) is 2.78. The smallest absolute Gasteiger partial charge is 0.243 e. The molecular weight excluding hydrogens is 154 g/mol. The average molecular weight is 168 g/mol. The molecule has 4 heteroatoms. The van der Waals surface area contributed by atoms with Gasteiger partial charge in [0.15, 0.2) is 6.20 Å². The Kier molecular flexibility index (Phi) is 2.85. The average Bonchev–Trinajstić information content (AvgIpc) is 2.36. The Morgan fingerprint density at radius 3 is 3.00 bits per heavy atom. The number of nitrogens with zero attached hydrogens (tertiary/aromatic N) is 1. The van der Waals surface area contributed by atoms with Crippen LogP contribution in [-0.2, 0) is 11.8 Å². The number of carbonyl (C=O) groups excluding carboxylic acids is 1. The van der Waals surface area contributed by atoms with Crippen molar-refractivity contribution in [1.82, 2.24) is 4.98 Å². The van der Waals surface area contributed by atoms with Crippen LogP contribution in [0.1, 0.15) is 19.8 Å². The molecule has 1 amide bonds. The second-order valence-corrected chi connectivity index (χ2v) is 2.78. The summed E-state index contributed by atoms with van der Waals surface area (Å²) in [4.78, 5) is 14.0. The third-order valence-corrected chi connectivity index (χ3v) is 1.51. The SMILES string of the molecule is CCCC(=O)Nc1c[n+](C)c[nH]1. The summed E-state index contributed by atoms with van der Waals surface area (Å²) in [5.41, 5.74) is 0. The number of aryl methyl sites for hydroxylation is 1. The first-order chi connectivity index (χ1) is 5.72. The van der Waals surface area contributed by atoms with E-state index >= 15 is 0 Å². The number of aromatic amines is 1. The van der Waals surface area contributed by atoms with Gasteiger partial charge in [-0.3, -0.25) is 10.1 Å². The molecule has 0 bridgehead atoms. The first kappa shape index (κ1) is 8.77. The zero-order chi connectivity index (χ0) is 8.97. The molecule has 0 radical (unpaired) electrons. The molecule has 66 valence electrons. The monoisotopic (exact) mass is 168 g/mol. The van der Waals surface area contributed by atoms with E-state index in [2.05, 4.69) is 10.3 Å². The van der Waals surface area contributed by atoms with Crippen LogP contribution in [0.15, 0.2) is 12.5 Å². The predicted octanol–water partition coefficient (Wildman–Crippen LogP) is 0.578. The van der Waals surface area contributed by atoms with Gasteiger partial charge in [0.05, 0.1) is 7.05 Å². The Morgan fingerprint density at radius 1 is 1.75 bits per heavy atom. The van der Waals surface area contributed by atoms with Gasteiger partial charge in [-0.1, -0.05) is 6.92 Å². The molecule has 1 heterocycles. The molecule has 0 unspecified atom stereocenters. The summed E-state index contributed by atoms with van der Waals surface area (Å²) in [6.45, 7) is 1.98. The molecule has 0 aromatic carbocycles. The maximum Gasteiger partial charge on any atom is 0.243 e. The molecule has 1 rings (SSSR count).